The summed E-state index contributed by atoms with van der Waals surface area (Å²) in [5, 5.41) is 0. The second-order valence-electron chi connectivity index (χ2n) is 6.56. The Bertz CT molecular complexity index is 577. The fourth-order valence-corrected chi connectivity index (χ4v) is 3.71. The number of hydrogen-bond donors (Lipinski definition) is 0. The van der Waals surface area contributed by atoms with E-state index in [1.165, 1.54) is 5.56 Å². The fourth-order valence-electron chi connectivity index (χ4n) is 3.71. The van der Waals surface area contributed by atoms with Crippen molar-refractivity contribution in [3.8, 4) is 5.75 Å². The fraction of sp³-hybridized carbons (Fsp3) is 0.562. The van der Waals surface area contributed by atoms with Gasteiger partial charge in [-0.3, -0.25) is 4.79 Å². The Morgan fingerprint density at radius 1 is 1.30 bits per heavy atom. The summed E-state index contributed by atoms with van der Waals surface area (Å²) in [6, 6.07) is 5.94. The third-order valence-electron chi connectivity index (χ3n) is 4.26. The number of rotatable bonds is 1. The molecule has 0 bridgehead atoms. The van der Waals surface area contributed by atoms with E-state index in [4.69, 9.17) is 9.47 Å². The summed E-state index contributed by atoms with van der Waals surface area (Å²) in [7, 11) is 1.64. The van der Waals surface area contributed by atoms with Gasteiger partial charge in [-0.15, -0.1) is 0 Å². The van der Waals surface area contributed by atoms with E-state index >= 15 is 0 Å². The van der Waals surface area contributed by atoms with E-state index < -0.39 is 11.3 Å². The lowest BCUT2D eigenvalue weighted by molar-refractivity contribution is -0.149. The van der Waals surface area contributed by atoms with Crippen molar-refractivity contribution in [2.24, 2.45) is 0 Å². The number of carbonyl (C=O) groups is 1. The van der Waals surface area contributed by atoms with Gasteiger partial charge in [0.1, 0.15) is 11.5 Å². The van der Waals surface area contributed by atoms with Gasteiger partial charge in [0, 0.05) is 0 Å². The van der Waals surface area contributed by atoms with E-state index in [1.807, 2.05) is 44.7 Å². The average molecular weight is 275 g/mol. The predicted octanol–water partition coefficient (Wildman–Crippen LogP) is 2.67. The van der Waals surface area contributed by atoms with Crippen LogP contribution in [0.4, 0.5) is 0 Å². The number of ether oxygens (including phenoxy) is 2. The SMILES string of the molecule is COc1ccc2c(c1)CC(=O)N1[C@H]2C(C)(C)OC1(C)C. The quantitative estimate of drug-likeness (QED) is 0.791. The molecule has 0 aliphatic carbocycles. The van der Waals surface area contributed by atoms with Crippen molar-refractivity contribution in [1.29, 1.82) is 0 Å². The standard InChI is InChI=1S/C16H21NO3/c1-15(2)14-12-7-6-11(19-5)8-10(12)9-13(18)17(14)16(3,4)20-15/h6-8,14H,9H2,1-5H3/t14-/m1/s1. The smallest absolute Gasteiger partial charge is 0.229 e. The van der Waals surface area contributed by atoms with Crippen molar-refractivity contribution in [2.75, 3.05) is 7.11 Å². The first-order valence-corrected chi connectivity index (χ1v) is 6.95. The second-order valence-corrected chi connectivity index (χ2v) is 6.56. The van der Waals surface area contributed by atoms with Crippen LogP contribution in [0.3, 0.4) is 0 Å². The van der Waals surface area contributed by atoms with E-state index in [0.717, 1.165) is 11.3 Å². The van der Waals surface area contributed by atoms with E-state index in [2.05, 4.69) is 6.07 Å². The van der Waals surface area contributed by atoms with Crippen molar-refractivity contribution in [2.45, 2.75) is 51.5 Å². The molecule has 4 heteroatoms. The molecule has 3 rings (SSSR count). The minimum absolute atomic E-state index is 0.0420. The van der Waals surface area contributed by atoms with Gasteiger partial charge in [0.2, 0.25) is 5.91 Å². The van der Waals surface area contributed by atoms with Gasteiger partial charge in [-0.05, 0) is 51.0 Å². The molecule has 1 fully saturated rings. The van der Waals surface area contributed by atoms with E-state index in [-0.39, 0.29) is 11.9 Å². The highest BCUT2D eigenvalue weighted by Crippen LogP contribution is 2.51. The van der Waals surface area contributed by atoms with Crippen LogP contribution in [-0.4, -0.2) is 29.2 Å². The number of hydrogen-bond acceptors (Lipinski definition) is 3. The topological polar surface area (TPSA) is 38.8 Å². The van der Waals surface area contributed by atoms with Gasteiger partial charge in [0.25, 0.3) is 0 Å². The van der Waals surface area contributed by atoms with Crippen molar-refractivity contribution < 1.29 is 14.3 Å². The Morgan fingerprint density at radius 3 is 2.65 bits per heavy atom. The summed E-state index contributed by atoms with van der Waals surface area (Å²) < 4.78 is 11.4. The van der Waals surface area contributed by atoms with E-state index in [9.17, 15) is 4.79 Å². The number of carbonyl (C=O) groups excluding carboxylic acids is 1. The summed E-state index contributed by atoms with van der Waals surface area (Å²) in [5.41, 5.74) is 1.25. The Kier molecular flexibility index (Phi) is 2.67. The molecule has 20 heavy (non-hydrogen) atoms. The van der Waals surface area contributed by atoms with Gasteiger partial charge in [-0.2, -0.15) is 0 Å². The number of nitrogens with zero attached hydrogens (tertiary/aromatic N) is 1. The van der Waals surface area contributed by atoms with Gasteiger partial charge in [-0.25, -0.2) is 0 Å². The molecule has 1 amide bonds. The van der Waals surface area contributed by atoms with E-state index in [0.29, 0.717) is 6.42 Å². The largest absolute Gasteiger partial charge is 0.497 e. The van der Waals surface area contributed by atoms with Crippen LogP contribution in [0.15, 0.2) is 18.2 Å². The molecule has 0 spiro atoms. The van der Waals surface area contributed by atoms with E-state index in [1.54, 1.807) is 7.11 Å². The zero-order valence-corrected chi connectivity index (χ0v) is 12.7. The lowest BCUT2D eigenvalue weighted by Crippen LogP contribution is -2.48. The van der Waals surface area contributed by atoms with Gasteiger partial charge in [-0.1, -0.05) is 6.07 Å². The highest BCUT2D eigenvalue weighted by atomic mass is 16.6. The molecular weight excluding hydrogens is 254 g/mol. The molecule has 2 aliphatic heterocycles. The van der Waals surface area contributed by atoms with Crippen LogP contribution in [0.25, 0.3) is 0 Å². The Morgan fingerprint density at radius 2 is 2.00 bits per heavy atom. The number of benzene rings is 1. The van der Waals surface area contributed by atoms with Crippen molar-refractivity contribution in [3.63, 3.8) is 0 Å². The number of fused-ring (bicyclic) bond motifs is 3. The summed E-state index contributed by atoms with van der Waals surface area (Å²) in [6.45, 7) is 8.01. The van der Waals surface area contributed by atoms with Crippen LogP contribution in [0.1, 0.15) is 44.9 Å². The molecule has 2 aliphatic rings. The molecule has 0 N–H and O–H groups in total. The Labute approximate surface area is 119 Å². The molecule has 0 saturated carbocycles. The molecule has 2 heterocycles. The molecule has 108 valence electrons. The summed E-state index contributed by atoms with van der Waals surface area (Å²) in [4.78, 5) is 14.4. The maximum absolute atomic E-state index is 12.5. The molecule has 1 atom stereocenters. The molecular formula is C16H21NO3. The Hall–Kier alpha value is -1.55. The minimum Gasteiger partial charge on any atom is -0.497 e. The highest BCUT2D eigenvalue weighted by Gasteiger charge is 2.56. The molecule has 0 aromatic heterocycles. The number of amides is 1. The summed E-state index contributed by atoms with van der Waals surface area (Å²) in [6.07, 6.45) is 0.409. The van der Waals surface area contributed by atoms with Crippen molar-refractivity contribution >= 4 is 5.91 Å². The first kappa shape index (κ1) is 13.4. The predicted molar refractivity (Wildman–Crippen MR) is 75.5 cm³/mol. The van der Waals surface area contributed by atoms with Gasteiger partial charge < -0.3 is 14.4 Å². The summed E-state index contributed by atoms with van der Waals surface area (Å²) >= 11 is 0. The van der Waals surface area contributed by atoms with Crippen LogP contribution < -0.4 is 4.74 Å². The first-order valence-electron chi connectivity index (χ1n) is 6.95. The maximum Gasteiger partial charge on any atom is 0.229 e. The molecule has 1 saturated heterocycles. The minimum atomic E-state index is -0.567. The average Bonchev–Trinajstić information content (AvgIpc) is 2.54. The van der Waals surface area contributed by atoms with Gasteiger partial charge >= 0.3 is 0 Å². The first-order chi connectivity index (χ1) is 9.26. The lowest BCUT2D eigenvalue weighted by atomic mass is 9.84. The third-order valence-corrected chi connectivity index (χ3v) is 4.26. The van der Waals surface area contributed by atoms with Crippen molar-refractivity contribution in [1.82, 2.24) is 4.90 Å². The normalized spacial score (nSPS) is 26.1. The molecule has 4 nitrogen and oxygen atoms in total. The zero-order valence-electron chi connectivity index (χ0n) is 12.7. The third kappa shape index (κ3) is 1.74. The van der Waals surface area contributed by atoms with Crippen LogP contribution in [-0.2, 0) is 16.0 Å². The lowest BCUT2D eigenvalue weighted by Gasteiger charge is -2.39. The molecule has 0 unspecified atom stereocenters. The van der Waals surface area contributed by atoms with Gasteiger partial charge in [0.05, 0.1) is 25.2 Å². The molecule has 1 aromatic carbocycles. The maximum atomic E-state index is 12.5. The Balaban J connectivity index is 2.16. The monoisotopic (exact) mass is 275 g/mol. The molecule has 1 aromatic rings. The molecule has 0 radical (unpaired) electrons. The van der Waals surface area contributed by atoms with Crippen LogP contribution >= 0.6 is 0 Å². The van der Waals surface area contributed by atoms with Crippen LogP contribution in [0.5, 0.6) is 5.75 Å². The second kappa shape index (κ2) is 3.98. The zero-order chi connectivity index (χ0) is 14.7. The number of methoxy groups -OCH3 is 1. The highest BCUT2D eigenvalue weighted by molar-refractivity contribution is 5.83. The summed E-state index contributed by atoms with van der Waals surface area (Å²) in [5.74, 6) is 0.910. The van der Waals surface area contributed by atoms with Crippen LogP contribution in [0.2, 0.25) is 0 Å². The van der Waals surface area contributed by atoms with Crippen molar-refractivity contribution in [3.05, 3.63) is 29.3 Å². The van der Waals surface area contributed by atoms with Gasteiger partial charge in [0.15, 0.2) is 0 Å². The van der Waals surface area contributed by atoms with Crippen LogP contribution in [0, 0.1) is 0 Å².